The zero-order chi connectivity index (χ0) is 8.29. The topological polar surface area (TPSA) is 29.1 Å². The molecule has 64 valence electrons. The smallest absolute Gasteiger partial charge is 0.228 e. The molecular formula is C10H13NO. The molecule has 0 aromatic rings. The third-order valence-electron chi connectivity index (χ3n) is 3.91. The highest BCUT2D eigenvalue weighted by molar-refractivity contribution is 5.85. The van der Waals surface area contributed by atoms with Crippen LogP contribution in [0.1, 0.15) is 19.3 Å². The lowest BCUT2D eigenvalue weighted by molar-refractivity contribution is -0.124. The van der Waals surface area contributed by atoms with E-state index in [0.717, 1.165) is 11.6 Å². The number of carbonyl (C=O) groups is 1. The Labute approximate surface area is 72.0 Å². The van der Waals surface area contributed by atoms with Crippen LogP contribution in [0.25, 0.3) is 0 Å². The second kappa shape index (κ2) is 1.93. The summed E-state index contributed by atoms with van der Waals surface area (Å²) in [4.78, 5) is 11.5. The summed E-state index contributed by atoms with van der Waals surface area (Å²) in [6.45, 7) is 3.93. The van der Waals surface area contributed by atoms with Crippen molar-refractivity contribution in [2.45, 2.75) is 19.3 Å². The van der Waals surface area contributed by atoms with Gasteiger partial charge in [-0.2, -0.15) is 0 Å². The van der Waals surface area contributed by atoms with Crippen LogP contribution in [0.3, 0.4) is 0 Å². The van der Waals surface area contributed by atoms with Gasteiger partial charge >= 0.3 is 0 Å². The number of hydrogen-bond acceptors (Lipinski definition) is 1. The van der Waals surface area contributed by atoms with Gasteiger partial charge in [0.1, 0.15) is 0 Å². The molecule has 4 atom stereocenters. The molecule has 2 nitrogen and oxygen atoms in total. The lowest BCUT2D eigenvalue weighted by Gasteiger charge is -2.21. The van der Waals surface area contributed by atoms with Gasteiger partial charge in [0.05, 0.1) is 0 Å². The van der Waals surface area contributed by atoms with Crippen molar-refractivity contribution in [3.63, 3.8) is 0 Å². The Bertz CT molecular complexity index is 245. The zero-order valence-electron chi connectivity index (χ0n) is 7.05. The Morgan fingerprint density at radius 1 is 1.25 bits per heavy atom. The van der Waals surface area contributed by atoms with E-state index in [0.29, 0.717) is 17.8 Å². The standard InChI is InChI=1S/C10H13NO/c1-5-8-6-2-3-7(4-6)9(8)10(12)11-5/h6-9H,1-4H2,(H,11,12)/t6-,7?,8+,9-/m0/s1. The summed E-state index contributed by atoms with van der Waals surface area (Å²) in [6.07, 6.45) is 3.87. The highest BCUT2D eigenvalue weighted by Gasteiger charge is 2.55. The number of nitrogens with one attached hydrogen (secondary N) is 1. The van der Waals surface area contributed by atoms with E-state index >= 15 is 0 Å². The molecule has 12 heavy (non-hydrogen) atoms. The molecule has 1 N–H and O–H groups in total. The van der Waals surface area contributed by atoms with Gasteiger partial charge in [0.25, 0.3) is 0 Å². The Morgan fingerprint density at radius 3 is 2.58 bits per heavy atom. The summed E-state index contributed by atoms with van der Waals surface area (Å²) in [7, 11) is 0. The van der Waals surface area contributed by atoms with Crippen molar-refractivity contribution in [1.82, 2.24) is 5.32 Å². The van der Waals surface area contributed by atoms with Gasteiger partial charge in [0, 0.05) is 17.5 Å². The number of rotatable bonds is 0. The Kier molecular flexibility index (Phi) is 1.07. The molecule has 1 heterocycles. The van der Waals surface area contributed by atoms with Gasteiger partial charge in [-0.1, -0.05) is 6.58 Å². The maximum absolute atomic E-state index is 11.5. The van der Waals surface area contributed by atoms with Crippen molar-refractivity contribution < 1.29 is 4.79 Å². The molecule has 3 fully saturated rings. The minimum Gasteiger partial charge on any atom is -0.330 e. The lowest BCUT2D eigenvalue weighted by atomic mass is 9.80. The summed E-state index contributed by atoms with van der Waals surface area (Å²) < 4.78 is 0. The fourth-order valence-electron chi connectivity index (χ4n) is 3.49. The van der Waals surface area contributed by atoms with Gasteiger partial charge in [-0.3, -0.25) is 4.79 Å². The Morgan fingerprint density at radius 2 is 1.92 bits per heavy atom. The van der Waals surface area contributed by atoms with E-state index < -0.39 is 0 Å². The second-order valence-electron chi connectivity index (χ2n) is 4.40. The average Bonchev–Trinajstić information content (AvgIpc) is 2.64. The van der Waals surface area contributed by atoms with E-state index in [2.05, 4.69) is 11.9 Å². The number of hydrogen-bond donors (Lipinski definition) is 1. The third kappa shape index (κ3) is 0.598. The number of amides is 1. The fourth-order valence-corrected chi connectivity index (χ4v) is 3.49. The van der Waals surface area contributed by atoms with Gasteiger partial charge in [0.2, 0.25) is 5.91 Å². The largest absolute Gasteiger partial charge is 0.330 e. The molecule has 2 aliphatic carbocycles. The lowest BCUT2D eigenvalue weighted by Crippen LogP contribution is -2.24. The van der Waals surface area contributed by atoms with Gasteiger partial charge in [0.15, 0.2) is 0 Å². The van der Waals surface area contributed by atoms with Crippen molar-refractivity contribution in [2.75, 3.05) is 0 Å². The molecule has 0 radical (unpaired) electrons. The first-order chi connectivity index (χ1) is 5.77. The first kappa shape index (κ1) is 6.70. The van der Waals surface area contributed by atoms with Crippen LogP contribution in [-0.4, -0.2) is 5.91 Å². The summed E-state index contributed by atoms with van der Waals surface area (Å²) in [6, 6.07) is 0. The van der Waals surface area contributed by atoms with Crippen LogP contribution in [0, 0.1) is 23.7 Å². The first-order valence-corrected chi connectivity index (χ1v) is 4.77. The molecule has 2 bridgehead atoms. The predicted octanol–water partition coefficient (Wildman–Crippen LogP) is 1.29. The van der Waals surface area contributed by atoms with Crippen LogP contribution in [0.15, 0.2) is 12.3 Å². The molecule has 2 saturated carbocycles. The van der Waals surface area contributed by atoms with Crippen LogP contribution < -0.4 is 5.32 Å². The molecule has 1 unspecified atom stereocenters. The summed E-state index contributed by atoms with van der Waals surface area (Å²) in [5.41, 5.74) is 0.997. The monoisotopic (exact) mass is 163 g/mol. The van der Waals surface area contributed by atoms with Crippen LogP contribution in [0.2, 0.25) is 0 Å². The van der Waals surface area contributed by atoms with Crippen LogP contribution in [0.4, 0.5) is 0 Å². The molecule has 1 amide bonds. The molecule has 2 heteroatoms. The predicted molar refractivity (Wildman–Crippen MR) is 45.1 cm³/mol. The summed E-state index contributed by atoms with van der Waals surface area (Å²) in [5.74, 6) is 2.50. The third-order valence-corrected chi connectivity index (χ3v) is 3.91. The van der Waals surface area contributed by atoms with Gasteiger partial charge in [-0.05, 0) is 31.1 Å². The average molecular weight is 163 g/mol. The molecular weight excluding hydrogens is 150 g/mol. The molecule has 3 rings (SSSR count). The maximum Gasteiger partial charge on any atom is 0.228 e. The molecule has 1 aliphatic heterocycles. The van der Waals surface area contributed by atoms with E-state index in [1.807, 2.05) is 0 Å². The molecule has 0 aromatic carbocycles. The van der Waals surface area contributed by atoms with E-state index in [1.54, 1.807) is 0 Å². The van der Waals surface area contributed by atoms with Crippen molar-refractivity contribution in [3.8, 4) is 0 Å². The highest BCUT2D eigenvalue weighted by Crippen LogP contribution is 2.56. The van der Waals surface area contributed by atoms with Crippen molar-refractivity contribution >= 4 is 5.91 Å². The fraction of sp³-hybridized carbons (Fsp3) is 0.700. The van der Waals surface area contributed by atoms with Gasteiger partial charge in [-0.15, -0.1) is 0 Å². The van der Waals surface area contributed by atoms with Gasteiger partial charge in [-0.25, -0.2) is 0 Å². The number of carbonyl (C=O) groups excluding carboxylic acids is 1. The molecule has 1 saturated heterocycles. The molecule has 0 spiro atoms. The Balaban J connectivity index is 2.03. The number of fused-ring (bicyclic) bond motifs is 5. The van der Waals surface area contributed by atoms with E-state index in [1.165, 1.54) is 19.3 Å². The van der Waals surface area contributed by atoms with Crippen molar-refractivity contribution in [1.29, 1.82) is 0 Å². The van der Waals surface area contributed by atoms with Crippen LogP contribution in [-0.2, 0) is 4.79 Å². The van der Waals surface area contributed by atoms with E-state index in [4.69, 9.17) is 0 Å². The minimum atomic E-state index is 0.247. The quantitative estimate of drug-likeness (QED) is 0.573. The van der Waals surface area contributed by atoms with E-state index in [-0.39, 0.29) is 5.91 Å². The first-order valence-electron chi connectivity index (χ1n) is 4.77. The Hall–Kier alpha value is -0.790. The van der Waals surface area contributed by atoms with Crippen molar-refractivity contribution in [2.24, 2.45) is 23.7 Å². The second-order valence-corrected chi connectivity index (χ2v) is 4.40. The number of allylic oxidation sites excluding steroid dienone is 1. The minimum absolute atomic E-state index is 0.247. The van der Waals surface area contributed by atoms with Crippen LogP contribution >= 0.6 is 0 Å². The van der Waals surface area contributed by atoms with Crippen LogP contribution in [0.5, 0.6) is 0 Å². The highest BCUT2D eigenvalue weighted by atomic mass is 16.2. The summed E-state index contributed by atoms with van der Waals surface area (Å²) >= 11 is 0. The zero-order valence-corrected chi connectivity index (χ0v) is 7.05. The molecule has 0 aromatic heterocycles. The van der Waals surface area contributed by atoms with Gasteiger partial charge < -0.3 is 5.32 Å². The maximum atomic E-state index is 11.5. The summed E-state index contributed by atoms with van der Waals surface area (Å²) in [5, 5.41) is 2.89. The van der Waals surface area contributed by atoms with Crippen molar-refractivity contribution in [3.05, 3.63) is 12.3 Å². The SMILES string of the molecule is C=C1NC(=O)[C@H]2C3CC[C@@H](C3)[C@@H]12. The molecule has 3 aliphatic rings. The normalized spacial score (nSPS) is 49.7. The van der Waals surface area contributed by atoms with E-state index in [9.17, 15) is 4.79 Å².